The third-order valence-corrected chi connectivity index (χ3v) is 7.56. The predicted molar refractivity (Wildman–Crippen MR) is 138 cm³/mol. The van der Waals surface area contributed by atoms with Crippen LogP contribution in [-0.4, -0.2) is 0 Å². The van der Waals surface area contributed by atoms with E-state index in [9.17, 15) is 0 Å². The molecule has 0 bridgehead atoms. The molecule has 2 aliphatic carbocycles. The third kappa shape index (κ3) is 12.4. The Labute approximate surface area is 191 Å². The average Bonchev–Trinajstić information content (AvgIpc) is 3.06. The van der Waals surface area contributed by atoms with Crippen LogP contribution in [0.1, 0.15) is 138 Å². The van der Waals surface area contributed by atoms with Crippen molar-refractivity contribution in [3.8, 4) is 0 Å². The molecule has 2 fully saturated rings. The van der Waals surface area contributed by atoms with E-state index < -0.39 is 0 Å². The molecule has 0 amide bonds. The van der Waals surface area contributed by atoms with Gasteiger partial charge in [0.05, 0.1) is 0 Å². The zero-order valence-corrected chi connectivity index (χ0v) is 22.0. The largest absolute Gasteiger partial charge is 0.0996 e. The first-order valence-electron chi connectivity index (χ1n) is 13.5. The Bertz CT molecular complexity index is 483. The Morgan fingerprint density at radius 2 is 1.53 bits per heavy atom. The minimum Gasteiger partial charge on any atom is -0.0996 e. The van der Waals surface area contributed by atoms with Gasteiger partial charge in [0.25, 0.3) is 0 Å². The van der Waals surface area contributed by atoms with Crippen LogP contribution in [0.2, 0.25) is 0 Å². The van der Waals surface area contributed by atoms with Crippen molar-refractivity contribution >= 4 is 0 Å². The van der Waals surface area contributed by atoms with Gasteiger partial charge in [-0.1, -0.05) is 117 Å². The molecule has 0 aromatic rings. The lowest BCUT2D eigenvalue weighted by atomic mass is 9.75. The zero-order chi connectivity index (χ0) is 22.6. The van der Waals surface area contributed by atoms with E-state index in [2.05, 4.69) is 61.1 Å². The van der Waals surface area contributed by atoms with Gasteiger partial charge in [-0.2, -0.15) is 0 Å². The summed E-state index contributed by atoms with van der Waals surface area (Å²) in [5.74, 6) is 3.55. The van der Waals surface area contributed by atoms with Gasteiger partial charge in [-0.15, -0.1) is 0 Å². The fourth-order valence-corrected chi connectivity index (χ4v) is 5.23. The van der Waals surface area contributed by atoms with Crippen LogP contribution in [0.4, 0.5) is 0 Å². The summed E-state index contributed by atoms with van der Waals surface area (Å²) in [5, 5.41) is 0. The second-order valence-electron chi connectivity index (χ2n) is 12.1. The molecule has 0 aromatic carbocycles. The minimum atomic E-state index is 0.415. The van der Waals surface area contributed by atoms with E-state index in [1.54, 1.807) is 5.57 Å². The lowest BCUT2D eigenvalue weighted by Crippen LogP contribution is -2.18. The maximum Gasteiger partial charge on any atom is -0.0140 e. The Morgan fingerprint density at radius 1 is 0.933 bits per heavy atom. The SMILES string of the molecule is C=C(CCC(C)(C)C)[C@@H](C/C(C)=C/CCC)C1CCC[C@@H](C)CC1.CC1CCCC1. The molecule has 0 nitrogen and oxygen atoms in total. The fraction of sp³-hybridized carbons (Fsp3) is 0.867. The van der Waals surface area contributed by atoms with Crippen molar-refractivity contribution in [2.75, 3.05) is 0 Å². The first-order valence-corrected chi connectivity index (χ1v) is 13.5. The molecule has 0 aliphatic heterocycles. The average molecular weight is 417 g/mol. The molecular weight excluding hydrogens is 360 g/mol. The summed E-state index contributed by atoms with van der Waals surface area (Å²) in [6, 6.07) is 0. The van der Waals surface area contributed by atoms with Crippen molar-refractivity contribution in [2.24, 2.45) is 29.1 Å². The van der Waals surface area contributed by atoms with Crippen molar-refractivity contribution < 1.29 is 0 Å². The number of hydrogen-bond acceptors (Lipinski definition) is 0. The topological polar surface area (TPSA) is 0 Å². The third-order valence-electron chi connectivity index (χ3n) is 7.56. The first-order chi connectivity index (χ1) is 14.1. The van der Waals surface area contributed by atoms with Crippen molar-refractivity contribution in [2.45, 2.75) is 138 Å². The van der Waals surface area contributed by atoms with Crippen molar-refractivity contribution in [1.82, 2.24) is 0 Å². The van der Waals surface area contributed by atoms with Gasteiger partial charge in [0.1, 0.15) is 0 Å². The molecule has 3 atom stereocenters. The van der Waals surface area contributed by atoms with Gasteiger partial charge in [0.15, 0.2) is 0 Å². The summed E-state index contributed by atoms with van der Waals surface area (Å²) in [6.45, 7) is 21.1. The number of hydrogen-bond donors (Lipinski definition) is 0. The van der Waals surface area contributed by atoms with E-state index in [-0.39, 0.29) is 0 Å². The number of rotatable bonds is 8. The molecule has 0 radical (unpaired) electrons. The molecule has 0 heteroatoms. The molecule has 2 rings (SSSR count). The maximum atomic E-state index is 4.59. The smallest absolute Gasteiger partial charge is 0.0140 e. The van der Waals surface area contributed by atoms with Crippen LogP contribution in [0.3, 0.4) is 0 Å². The Morgan fingerprint density at radius 3 is 2.07 bits per heavy atom. The van der Waals surface area contributed by atoms with Gasteiger partial charge in [-0.05, 0) is 74.5 Å². The van der Waals surface area contributed by atoms with E-state index in [4.69, 9.17) is 0 Å². The van der Waals surface area contributed by atoms with Crippen LogP contribution < -0.4 is 0 Å². The van der Waals surface area contributed by atoms with E-state index in [0.29, 0.717) is 11.3 Å². The molecule has 0 heterocycles. The summed E-state index contributed by atoms with van der Waals surface area (Å²) in [6.07, 6.45) is 21.8. The number of unbranched alkanes of at least 4 members (excludes halogenated alkanes) is 1. The second-order valence-corrected chi connectivity index (χ2v) is 12.1. The Hall–Kier alpha value is -0.520. The van der Waals surface area contributed by atoms with Crippen molar-refractivity contribution in [3.63, 3.8) is 0 Å². The molecule has 1 unspecified atom stereocenters. The normalized spacial score (nSPS) is 24.7. The Balaban J connectivity index is 0.000000637. The highest BCUT2D eigenvalue weighted by Gasteiger charge is 2.27. The summed E-state index contributed by atoms with van der Waals surface area (Å²) >= 11 is 0. The van der Waals surface area contributed by atoms with Gasteiger partial charge in [0.2, 0.25) is 0 Å². The van der Waals surface area contributed by atoms with Crippen LogP contribution in [0.5, 0.6) is 0 Å². The van der Waals surface area contributed by atoms with Gasteiger partial charge in [0, 0.05) is 0 Å². The van der Waals surface area contributed by atoms with Crippen LogP contribution >= 0.6 is 0 Å². The molecule has 0 saturated heterocycles. The summed E-state index contributed by atoms with van der Waals surface area (Å²) in [4.78, 5) is 0. The zero-order valence-electron chi connectivity index (χ0n) is 22.0. The van der Waals surface area contributed by atoms with Crippen LogP contribution in [0.15, 0.2) is 23.8 Å². The molecule has 0 aromatic heterocycles. The van der Waals surface area contributed by atoms with Gasteiger partial charge in [-0.25, -0.2) is 0 Å². The minimum absolute atomic E-state index is 0.415. The van der Waals surface area contributed by atoms with E-state index in [0.717, 1.165) is 17.8 Å². The highest BCUT2D eigenvalue weighted by molar-refractivity contribution is 5.11. The second kappa shape index (κ2) is 14.5. The van der Waals surface area contributed by atoms with Crippen LogP contribution in [-0.2, 0) is 0 Å². The van der Waals surface area contributed by atoms with E-state index in [1.807, 2.05) is 0 Å². The lowest BCUT2D eigenvalue weighted by Gasteiger charge is -2.30. The van der Waals surface area contributed by atoms with E-state index in [1.165, 1.54) is 95.5 Å². The molecule has 2 saturated carbocycles. The highest BCUT2D eigenvalue weighted by atomic mass is 14.3. The summed E-state index contributed by atoms with van der Waals surface area (Å²) in [7, 11) is 0. The lowest BCUT2D eigenvalue weighted by molar-refractivity contribution is 0.309. The fourth-order valence-electron chi connectivity index (χ4n) is 5.23. The predicted octanol–water partition coefficient (Wildman–Crippen LogP) is 10.5. The molecule has 2 aliphatic rings. The van der Waals surface area contributed by atoms with Gasteiger partial charge in [-0.3, -0.25) is 0 Å². The quantitative estimate of drug-likeness (QED) is 0.272. The monoisotopic (exact) mass is 416 g/mol. The number of allylic oxidation sites excluding steroid dienone is 3. The Kier molecular flexibility index (Phi) is 13.3. The van der Waals surface area contributed by atoms with Crippen molar-refractivity contribution in [1.29, 1.82) is 0 Å². The highest BCUT2D eigenvalue weighted by Crippen LogP contribution is 2.40. The summed E-state index contributed by atoms with van der Waals surface area (Å²) < 4.78 is 0. The van der Waals surface area contributed by atoms with E-state index >= 15 is 0 Å². The van der Waals surface area contributed by atoms with Gasteiger partial charge < -0.3 is 0 Å². The van der Waals surface area contributed by atoms with Crippen LogP contribution in [0.25, 0.3) is 0 Å². The maximum absolute atomic E-state index is 4.59. The first kappa shape index (κ1) is 27.5. The van der Waals surface area contributed by atoms with Crippen molar-refractivity contribution in [3.05, 3.63) is 23.8 Å². The molecule has 176 valence electrons. The molecule has 30 heavy (non-hydrogen) atoms. The molecule has 0 spiro atoms. The standard InChI is InChI=1S/C24H44.C6H12/c1-8-9-11-20(3)18-23(21(4)16-17-24(5,6)7)22-13-10-12-19(2)14-15-22;1-6-4-2-3-5-6/h11,19,22-23H,4,8-10,12-18H2,1-3,5-7H3;6H,2-5H2,1H3/b20-11+;/t19-,22?,23-;/m1./s1. The van der Waals surface area contributed by atoms with Crippen LogP contribution in [0, 0.1) is 29.1 Å². The molecule has 0 N–H and O–H groups in total. The molecular formula is C30H56. The van der Waals surface area contributed by atoms with Gasteiger partial charge >= 0.3 is 0 Å². The summed E-state index contributed by atoms with van der Waals surface area (Å²) in [5.41, 5.74) is 3.54.